The van der Waals surface area contributed by atoms with Gasteiger partial charge in [0.05, 0.1) is 22.4 Å². The van der Waals surface area contributed by atoms with Crippen LogP contribution in [0.25, 0.3) is 0 Å². The van der Waals surface area contributed by atoms with E-state index >= 15 is 0 Å². The molecule has 9 heteroatoms. The van der Waals surface area contributed by atoms with Crippen molar-refractivity contribution in [3.63, 3.8) is 0 Å². The van der Waals surface area contributed by atoms with Crippen molar-refractivity contribution < 1.29 is 19.3 Å². The van der Waals surface area contributed by atoms with Crippen LogP contribution in [0.2, 0.25) is 0 Å². The average molecular weight is 420 g/mol. The first-order valence-electron chi connectivity index (χ1n) is 10.1. The summed E-state index contributed by atoms with van der Waals surface area (Å²) in [5.41, 5.74) is -0.189. The maximum absolute atomic E-state index is 13.7. The summed E-state index contributed by atoms with van der Waals surface area (Å²) in [6.07, 6.45) is 0. The van der Waals surface area contributed by atoms with Crippen LogP contribution < -0.4 is 15.5 Å². The summed E-state index contributed by atoms with van der Waals surface area (Å²) < 4.78 is 0. The molecule has 2 aromatic carbocycles. The van der Waals surface area contributed by atoms with Gasteiger partial charge in [0.2, 0.25) is 17.7 Å². The number of para-hydroxylation sites is 1. The predicted molar refractivity (Wildman–Crippen MR) is 111 cm³/mol. The van der Waals surface area contributed by atoms with Gasteiger partial charge in [0.25, 0.3) is 5.69 Å². The minimum Gasteiger partial charge on any atom is -0.324 e. The number of imide groups is 1. The zero-order chi connectivity index (χ0) is 22.1. The van der Waals surface area contributed by atoms with E-state index in [-0.39, 0.29) is 23.2 Å². The lowest BCUT2D eigenvalue weighted by molar-refractivity contribution is -0.384. The van der Waals surface area contributed by atoms with Gasteiger partial charge in [-0.15, -0.1) is 0 Å². The van der Waals surface area contributed by atoms with Crippen LogP contribution in [0.15, 0.2) is 48.5 Å². The third kappa shape index (κ3) is 2.43. The molecule has 3 amide bonds. The first kappa shape index (κ1) is 19.4. The number of carbonyl (C=O) groups excluding carboxylic acids is 3. The van der Waals surface area contributed by atoms with Gasteiger partial charge in [-0.25, -0.2) is 4.90 Å². The van der Waals surface area contributed by atoms with Crippen molar-refractivity contribution in [3.8, 4) is 0 Å². The minimum atomic E-state index is -1.36. The fourth-order valence-corrected chi connectivity index (χ4v) is 5.26. The topological polar surface area (TPSA) is 122 Å². The molecule has 2 fully saturated rings. The Balaban J connectivity index is 1.67. The van der Waals surface area contributed by atoms with Crippen molar-refractivity contribution in [2.24, 2.45) is 17.8 Å². The Kier molecular flexibility index (Phi) is 4.03. The van der Waals surface area contributed by atoms with E-state index < -0.39 is 40.2 Å². The fourth-order valence-electron chi connectivity index (χ4n) is 5.26. The molecule has 3 heterocycles. The smallest absolute Gasteiger partial charge is 0.271 e. The standard InChI is InChI=1S/C22H20N4O5/c1-11(2)18-16-17(22(24-18)14-8-3-4-9-15(14)23-21(22)29)20(28)25(19(16)27)12-6-5-7-13(10-12)26(30)31/h3-11,16-18,24H,1-2H3,(H,23,29)/t16-,17+,18+,22+/m0/s1. The van der Waals surface area contributed by atoms with Gasteiger partial charge >= 0.3 is 0 Å². The molecule has 3 aliphatic rings. The molecule has 0 aliphatic carbocycles. The molecule has 0 unspecified atom stereocenters. The van der Waals surface area contributed by atoms with E-state index in [0.717, 1.165) is 4.90 Å². The molecule has 9 nitrogen and oxygen atoms in total. The normalized spacial score (nSPS) is 28.9. The number of nitro benzene ring substituents is 1. The molecule has 2 saturated heterocycles. The molecule has 31 heavy (non-hydrogen) atoms. The highest BCUT2D eigenvalue weighted by molar-refractivity contribution is 6.25. The zero-order valence-corrected chi connectivity index (χ0v) is 16.9. The molecule has 1 spiro atoms. The molecule has 0 radical (unpaired) electrons. The molecule has 0 saturated carbocycles. The van der Waals surface area contributed by atoms with Crippen molar-refractivity contribution in [1.82, 2.24) is 5.32 Å². The maximum Gasteiger partial charge on any atom is 0.271 e. The number of anilines is 2. The monoisotopic (exact) mass is 420 g/mol. The van der Waals surface area contributed by atoms with Crippen molar-refractivity contribution in [1.29, 1.82) is 0 Å². The second-order valence-corrected chi connectivity index (χ2v) is 8.51. The quantitative estimate of drug-likeness (QED) is 0.446. The lowest BCUT2D eigenvalue weighted by Crippen LogP contribution is -2.54. The van der Waals surface area contributed by atoms with Crippen LogP contribution in [0.1, 0.15) is 19.4 Å². The van der Waals surface area contributed by atoms with Gasteiger partial charge in [-0.05, 0) is 18.1 Å². The van der Waals surface area contributed by atoms with Crippen LogP contribution in [-0.4, -0.2) is 28.7 Å². The van der Waals surface area contributed by atoms with Gasteiger partial charge in [0, 0.05) is 29.4 Å². The summed E-state index contributed by atoms with van der Waals surface area (Å²) >= 11 is 0. The average Bonchev–Trinajstić information content (AvgIpc) is 3.33. The Morgan fingerprint density at radius 2 is 1.81 bits per heavy atom. The predicted octanol–water partition coefficient (Wildman–Crippen LogP) is 2.18. The number of nitro groups is 1. The van der Waals surface area contributed by atoms with Crippen molar-refractivity contribution in [3.05, 3.63) is 64.2 Å². The molecule has 0 bridgehead atoms. The van der Waals surface area contributed by atoms with E-state index in [0.29, 0.717) is 11.3 Å². The van der Waals surface area contributed by atoms with Gasteiger partial charge < -0.3 is 5.32 Å². The number of fused-ring (bicyclic) bond motifs is 4. The Bertz CT molecular complexity index is 1160. The van der Waals surface area contributed by atoms with Crippen molar-refractivity contribution in [2.45, 2.75) is 25.4 Å². The van der Waals surface area contributed by atoms with Gasteiger partial charge in [0.1, 0.15) is 5.54 Å². The zero-order valence-electron chi connectivity index (χ0n) is 16.9. The Morgan fingerprint density at radius 3 is 2.52 bits per heavy atom. The highest BCUT2D eigenvalue weighted by atomic mass is 16.6. The van der Waals surface area contributed by atoms with Gasteiger partial charge in [-0.3, -0.25) is 29.8 Å². The highest BCUT2D eigenvalue weighted by Gasteiger charge is 2.70. The van der Waals surface area contributed by atoms with E-state index in [1.54, 1.807) is 24.3 Å². The summed E-state index contributed by atoms with van der Waals surface area (Å²) in [6, 6.07) is 12.2. The Labute approximate surface area is 177 Å². The number of rotatable bonds is 3. The van der Waals surface area contributed by atoms with Crippen LogP contribution in [0.4, 0.5) is 17.1 Å². The number of benzene rings is 2. The molecule has 0 aromatic heterocycles. The number of nitrogens with zero attached hydrogens (tertiary/aromatic N) is 2. The number of nitrogens with one attached hydrogen (secondary N) is 2. The van der Waals surface area contributed by atoms with Crippen molar-refractivity contribution >= 4 is 34.8 Å². The van der Waals surface area contributed by atoms with Crippen LogP contribution in [0.3, 0.4) is 0 Å². The maximum atomic E-state index is 13.7. The number of hydrogen-bond donors (Lipinski definition) is 2. The molecule has 2 N–H and O–H groups in total. The largest absolute Gasteiger partial charge is 0.324 e. The molecule has 4 atom stereocenters. The van der Waals surface area contributed by atoms with Gasteiger partial charge in [0.15, 0.2) is 0 Å². The second kappa shape index (κ2) is 6.45. The van der Waals surface area contributed by atoms with Gasteiger partial charge in [-0.2, -0.15) is 0 Å². The number of non-ortho nitro benzene ring substituents is 1. The van der Waals surface area contributed by atoms with E-state index in [4.69, 9.17) is 0 Å². The Morgan fingerprint density at radius 1 is 1.06 bits per heavy atom. The highest BCUT2D eigenvalue weighted by Crippen LogP contribution is 2.54. The lowest BCUT2D eigenvalue weighted by atomic mass is 9.76. The minimum absolute atomic E-state index is 0.0331. The fraction of sp³-hybridized carbons (Fsp3) is 0.318. The summed E-state index contributed by atoms with van der Waals surface area (Å²) in [5.74, 6) is -3.09. The van der Waals surface area contributed by atoms with Crippen molar-refractivity contribution in [2.75, 3.05) is 10.2 Å². The summed E-state index contributed by atoms with van der Waals surface area (Å²) in [7, 11) is 0. The second-order valence-electron chi connectivity index (χ2n) is 8.51. The van der Waals surface area contributed by atoms with Gasteiger partial charge in [-0.1, -0.05) is 38.1 Å². The van der Waals surface area contributed by atoms with Crippen LogP contribution in [0.5, 0.6) is 0 Å². The first-order valence-corrected chi connectivity index (χ1v) is 10.1. The third-order valence-corrected chi connectivity index (χ3v) is 6.57. The van der Waals surface area contributed by atoms with Crippen LogP contribution in [0, 0.1) is 27.9 Å². The SMILES string of the molecule is CC(C)[C@H]1N[C@@]2(C(=O)Nc3ccccc32)[C@H]2C(=O)N(c3cccc([N+](=O)[O-])c3)C(=O)[C@H]12. The lowest BCUT2D eigenvalue weighted by Gasteiger charge is -2.30. The van der Waals surface area contributed by atoms with E-state index in [9.17, 15) is 24.5 Å². The molecule has 2 aromatic rings. The van der Waals surface area contributed by atoms with E-state index in [2.05, 4.69) is 10.6 Å². The van der Waals surface area contributed by atoms with Crippen LogP contribution >= 0.6 is 0 Å². The third-order valence-electron chi connectivity index (χ3n) is 6.57. The van der Waals surface area contributed by atoms with E-state index in [1.165, 1.54) is 24.3 Å². The molecular weight excluding hydrogens is 400 g/mol. The van der Waals surface area contributed by atoms with E-state index in [1.807, 2.05) is 13.8 Å². The molecule has 5 rings (SSSR count). The first-order chi connectivity index (χ1) is 14.8. The Hall–Kier alpha value is -3.59. The molecule has 3 aliphatic heterocycles. The summed E-state index contributed by atoms with van der Waals surface area (Å²) in [6.45, 7) is 3.86. The molecular formula is C22H20N4O5. The molecule has 158 valence electrons. The number of carbonyl (C=O) groups is 3. The summed E-state index contributed by atoms with van der Waals surface area (Å²) in [5, 5.41) is 17.4. The number of hydrogen-bond acceptors (Lipinski definition) is 6. The summed E-state index contributed by atoms with van der Waals surface area (Å²) in [4.78, 5) is 52.1. The number of amides is 3. The van der Waals surface area contributed by atoms with Crippen LogP contribution in [-0.2, 0) is 19.9 Å².